The Morgan fingerprint density at radius 2 is 2.35 bits per heavy atom. The maximum Gasteiger partial charge on any atom is 0.345 e. The number of hydrogen-bond acceptors (Lipinski definition) is 4. The number of aromatic carboxylic acids is 1. The van der Waals surface area contributed by atoms with Crippen LogP contribution in [0, 0.1) is 6.92 Å². The fourth-order valence-electron chi connectivity index (χ4n) is 2.00. The van der Waals surface area contributed by atoms with Gasteiger partial charge in [0.15, 0.2) is 0 Å². The second-order valence-corrected chi connectivity index (χ2v) is 6.15. The van der Waals surface area contributed by atoms with Gasteiger partial charge in [-0.15, -0.1) is 11.3 Å². The summed E-state index contributed by atoms with van der Waals surface area (Å²) in [5.74, 6) is 0.147. The Morgan fingerprint density at radius 3 is 2.95 bits per heavy atom. The van der Waals surface area contributed by atoms with E-state index in [0.29, 0.717) is 17.5 Å². The summed E-state index contributed by atoms with van der Waals surface area (Å²) in [7, 11) is 0. The number of carbonyl (C=O) groups is 1. The molecule has 1 atom stereocenters. The van der Waals surface area contributed by atoms with Crippen molar-refractivity contribution in [1.82, 2.24) is 5.32 Å². The summed E-state index contributed by atoms with van der Waals surface area (Å²) < 4.78 is 5.30. The molecule has 0 aliphatic heterocycles. The first-order valence-corrected chi connectivity index (χ1v) is 7.46. The lowest BCUT2D eigenvalue weighted by atomic mass is 10.1. The SMILES string of the molecule is Cc1sc(C(=O)O)cc1CNC(C)CCc1ccco1. The summed E-state index contributed by atoms with van der Waals surface area (Å²) in [4.78, 5) is 12.4. The van der Waals surface area contributed by atoms with Crippen LogP contribution in [0.4, 0.5) is 0 Å². The second kappa shape index (κ2) is 6.72. The molecule has 2 heterocycles. The summed E-state index contributed by atoms with van der Waals surface area (Å²) in [5.41, 5.74) is 1.07. The molecule has 0 aliphatic rings. The molecule has 2 aromatic heterocycles. The minimum absolute atomic E-state index is 0.354. The molecule has 0 saturated heterocycles. The van der Waals surface area contributed by atoms with E-state index in [0.717, 1.165) is 29.0 Å². The van der Waals surface area contributed by atoms with Crippen LogP contribution in [0.15, 0.2) is 28.9 Å². The molecule has 0 aliphatic carbocycles. The van der Waals surface area contributed by atoms with Crippen LogP contribution in [0.2, 0.25) is 0 Å². The van der Waals surface area contributed by atoms with Crippen molar-refractivity contribution in [2.75, 3.05) is 0 Å². The molecular weight excluding hydrogens is 274 g/mol. The van der Waals surface area contributed by atoms with Crippen molar-refractivity contribution in [2.45, 2.75) is 39.3 Å². The third-order valence-corrected chi connectivity index (χ3v) is 4.36. The zero-order valence-corrected chi connectivity index (χ0v) is 12.5. The summed E-state index contributed by atoms with van der Waals surface area (Å²) in [6.45, 7) is 4.79. The Balaban J connectivity index is 1.80. The number of carboxylic acid groups (broad SMARTS) is 1. The van der Waals surface area contributed by atoms with Gasteiger partial charge >= 0.3 is 5.97 Å². The lowest BCUT2D eigenvalue weighted by Gasteiger charge is -2.12. The number of furan rings is 1. The summed E-state index contributed by atoms with van der Waals surface area (Å²) >= 11 is 1.33. The molecule has 0 saturated carbocycles. The minimum Gasteiger partial charge on any atom is -0.477 e. The zero-order chi connectivity index (χ0) is 14.5. The molecule has 20 heavy (non-hydrogen) atoms. The molecule has 1 unspecified atom stereocenters. The van der Waals surface area contributed by atoms with E-state index in [1.54, 1.807) is 12.3 Å². The topological polar surface area (TPSA) is 62.5 Å². The summed E-state index contributed by atoms with van der Waals surface area (Å²) in [5, 5.41) is 12.4. The molecule has 2 aromatic rings. The maximum absolute atomic E-state index is 10.9. The smallest absolute Gasteiger partial charge is 0.345 e. The first-order chi connectivity index (χ1) is 9.56. The Bertz CT molecular complexity index is 560. The number of carboxylic acids is 1. The van der Waals surface area contributed by atoms with Crippen LogP contribution in [0.25, 0.3) is 0 Å². The van der Waals surface area contributed by atoms with Gasteiger partial charge in [-0.1, -0.05) is 0 Å². The minimum atomic E-state index is -0.852. The zero-order valence-electron chi connectivity index (χ0n) is 11.7. The Hall–Kier alpha value is -1.59. The highest BCUT2D eigenvalue weighted by Gasteiger charge is 2.11. The predicted molar refractivity (Wildman–Crippen MR) is 79.3 cm³/mol. The van der Waals surface area contributed by atoms with Crippen LogP contribution < -0.4 is 5.32 Å². The molecule has 2 N–H and O–H groups in total. The highest BCUT2D eigenvalue weighted by molar-refractivity contribution is 7.14. The summed E-state index contributed by atoms with van der Waals surface area (Å²) in [6.07, 6.45) is 3.59. The molecule has 108 valence electrons. The fourth-order valence-corrected chi connectivity index (χ4v) is 2.88. The van der Waals surface area contributed by atoms with Gasteiger partial charge in [0, 0.05) is 23.9 Å². The van der Waals surface area contributed by atoms with E-state index in [1.807, 2.05) is 19.1 Å². The van der Waals surface area contributed by atoms with Crippen LogP contribution in [-0.2, 0) is 13.0 Å². The molecule has 0 spiro atoms. The van der Waals surface area contributed by atoms with Gasteiger partial charge in [-0.3, -0.25) is 0 Å². The van der Waals surface area contributed by atoms with Crippen LogP contribution in [0.3, 0.4) is 0 Å². The number of hydrogen-bond donors (Lipinski definition) is 2. The van der Waals surface area contributed by atoms with Gasteiger partial charge in [0.2, 0.25) is 0 Å². The van der Waals surface area contributed by atoms with Crippen molar-refractivity contribution in [3.05, 3.63) is 45.5 Å². The van der Waals surface area contributed by atoms with Crippen LogP contribution in [0.1, 0.15) is 39.2 Å². The van der Waals surface area contributed by atoms with E-state index < -0.39 is 5.97 Å². The van der Waals surface area contributed by atoms with Gasteiger partial charge < -0.3 is 14.8 Å². The van der Waals surface area contributed by atoms with Crippen LogP contribution in [-0.4, -0.2) is 17.1 Å². The van der Waals surface area contributed by atoms with Crippen LogP contribution in [0.5, 0.6) is 0 Å². The normalized spacial score (nSPS) is 12.5. The number of thiophene rings is 1. The fraction of sp³-hybridized carbons (Fsp3) is 0.400. The molecule has 0 fully saturated rings. The van der Waals surface area contributed by atoms with Gasteiger partial charge in [-0.05, 0) is 44.0 Å². The van der Waals surface area contributed by atoms with Gasteiger partial charge in [-0.25, -0.2) is 4.79 Å². The lowest BCUT2D eigenvalue weighted by Crippen LogP contribution is -2.26. The van der Waals surface area contributed by atoms with E-state index in [-0.39, 0.29) is 0 Å². The van der Waals surface area contributed by atoms with Gasteiger partial charge in [0.05, 0.1) is 6.26 Å². The number of rotatable bonds is 7. The molecule has 4 nitrogen and oxygen atoms in total. The lowest BCUT2D eigenvalue weighted by molar-refractivity contribution is 0.0702. The van der Waals surface area contributed by atoms with Crippen molar-refractivity contribution < 1.29 is 14.3 Å². The monoisotopic (exact) mass is 293 g/mol. The Kier molecular flexibility index (Phi) is 4.98. The number of aryl methyl sites for hydroxylation is 2. The Morgan fingerprint density at radius 1 is 1.55 bits per heavy atom. The van der Waals surface area contributed by atoms with Crippen molar-refractivity contribution in [3.63, 3.8) is 0 Å². The number of nitrogens with one attached hydrogen (secondary N) is 1. The summed E-state index contributed by atoms with van der Waals surface area (Å²) in [6, 6.07) is 5.99. The molecule has 0 radical (unpaired) electrons. The molecule has 2 rings (SSSR count). The van der Waals surface area contributed by atoms with E-state index in [4.69, 9.17) is 9.52 Å². The second-order valence-electron chi connectivity index (χ2n) is 4.90. The Labute approximate surface area is 122 Å². The maximum atomic E-state index is 10.9. The quantitative estimate of drug-likeness (QED) is 0.820. The first kappa shape index (κ1) is 14.8. The van der Waals surface area contributed by atoms with E-state index >= 15 is 0 Å². The predicted octanol–water partition coefficient (Wildman–Crippen LogP) is 3.46. The van der Waals surface area contributed by atoms with E-state index in [1.165, 1.54) is 11.3 Å². The molecule has 0 amide bonds. The van der Waals surface area contributed by atoms with Crippen LogP contribution >= 0.6 is 11.3 Å². The van der Waals surface area contributed by atoms with E-state index in [9.17, 15) is 4.79 Å². The van der Waals surface area contributed by atoms with Gasteiger partial charge in [0.1, 0.15) is 10.6 Å². The van der Waals surface area contributed by atoms with Crippen molar-refractivity contribution >= 4 is 17.3 Å². The molecule has 5 heteroatoms. The molecule has 0 aromatic carbocycles. The average Bonchev–Trinajstić information content (AvgIpc) is 3.03. The highest BCUT2D eigenvalue weighted by atomic mass is 32.1. The van der Waals surface area contributed by atoms with Crippen molar-refractivity contribution in [3.8, 4) is 0 Å². The van der Waals surface area contributed by atoms with Gasteiger partial charge in [0.25, 0.3) is 0 Å². The standard InChI is InChI=1S/C15H19NO3S/c1-10(5-6-13-4-3-7-19-13)16-9-12-8-14(15(17)18)20-11(12)2/h3-4,7-8,10,16H,5-6,9H2,1-2H3,(H,17,18). The first-order valence-electron chi connectivity index (χ1n) is 6.64. The molecule has 0 bridgehead atoms. The van der Waals surface area contributed by atoms with Crippen molar-refractivity contribution in [2.24, 2.45) is 0 Å². The largest absolute Gasteiger partial charge is 0.477 e. The van der Waals surface area contributed by atoms with Gasteiger partial charge in [-0.2, -0.15) is 0 Å². The van der Waals surface area contributed by atoms with E-state index in [2.05, 4.69) is 12.2 Å². The molecular formula is C15H19NO3S. The third-order valence-electron chi connectivity index (χ3n) is 3.28. The highest BCUT2D eigenvalue weighted by Crippen LogP contribution is 2.21. The third kappa shape index (κ3) is 3.95. The average molecular weight is 293 g/mol. The van der Waals surface area contributed by atoms with Crippen molar-refractivity contribution in [1.29, 1.82) is 0 Å².